The number of hydrogen-bond donors (Lipinski definition) is 1. The average Bonchev–Trinajstić information content (AvgIpc) is 1.81. The van der Waals surface area contributed by atoms with Gasteiger partial charge in [-0.3, -0.25) is 0 Å². The Hall–Kier alpha value is -0.0800. The van der Waals surface area contributed by atoms with E-state index in [1.165, 1.54) is 0 Å². The summed E-state index contributed by atoms with van der Waals surface area (Å²) < 4.78 is 5.49. The van der Waals surface area contributed by atoms with E-state index in [-0.39, 0.29) is 18.3 Å². The lowest BCUT2D eigenvalue weighted by molar-refractivity contribution is -0.0808. The predicted molar refractivity (Wildman–Crippen MR) is 42.0 cm³/mol. The molecule has 1 N–H and O–H groups in total. The van der Waals surface area contributed by atoms with Crippen molar-refractivity contribution in [3.8, 4) is 0 Å². The van der Waals surface area contributed by atoms with Crippen LogP contribution in [0.15, 0.2) is 0 Å². The maximum Gasteiger partial charge on any atom is 0.0810 e. The summed E-state index contributed by atoms with van der Waals surface area (Å²) in [6, 6.07) is 0. The third kappa shape index (κ3) is 4.77. The zero-order valence-corrected chi connectivity index (χ0v) is 7.35. The number of hydrogen-bond acceptors (Lipinski definition) is 2. The number of aliphatic hydroxyl groups is 1. The highest BCUT2D eigenvalue weighted by molar-refractivity contribution is 4.63. The molecular formula is C8H18O2. The first kappa shape index (κ1) is 9.92. The predicted octanol–water partition coefficient (Wildman–Crippen LogP) is 1.57. The SMILES string of the molecule is CC[C@H](CO)OC(C)(C)C. The van der Waals surface area contributed by atoms with Crippen LogP contribution in [-0.4, -0.2) is 23.4 Å². The molecule has 0 spiro atoms. The monoisotopic (exact) mass is 146 g/mol. The second-order valence-corrected chi connectivity index (χ2v) is 3.44. The minimum absolute atomic E-state index is 0.000000000000000444. The molecule has 0 rings (SSSR count). The third-order valence-corrected chi connectivity index (χ3v) is 1.18. The van der Waals surface area contributed by atoms with E-state index >= 15 is 0 Å². The first-order chi connectivity index (χ1) is 4.49. The summed E-state index contributed by atoms with van der Waals surface area (Å²) in [6.07, 6.45) is 0.869. The third-order valence-electron chi connectivity index (χ3n) is 1.18. The molecule has 1 atom stereocenters. The molecule has 0 aliphatic heterocycles. The van der Waals surface area contributed by atoms with Crippen LogP contribution in [0.25, 0.3) is 0 Å². The molecular weight excluding hydrogens is 128 g/mol. The van der Waals surface area contributed by atoms with Crippen LogP contribution in [0.3, 0.4) is 0 Å². The molecule has 0 aromatic carbocycles. The molecule has 0 amide bonds. The van der Waals surface area contributed by atoms with Crippen molar-refractivity contribution in [2.45, 2.75) is 45.8 Å². The van der Waals surface area contributed by atoms with Crippen molar-refractivity contribution in [3.63, 3.8) is 0 Å². The average molecular weight is 146 g/mol. The zero-order valence-electron chi connectivity index (χ0n) is 7.35. The fraction of sp³-hybridized carbons (Fsp3) is 1.00. The molecule has 2 nitrogen and oxygen atoms in total. The smallest absolute Gasteiger partial charge is 0.0810 e. The molecule has 0 saturated carbocycles. The van der Waals surface area contributed by atoms with Gasteiger partial charge in [0.2, 0.25) is 0 Å². The topological polar surface area (TPSA) is 29.5 Å². The van der Waals surface area contributed by atoms with E-state index in [9.17, 15) is 0 Å². The van der Waals surface area contributed by atoms with Gasteiger partial charge >= 0.3 is 0 Å². The fourth-order valence-corrected chi connectivity index (χ4v) is 0.750. The van der Waals surface area contributed by atoms with Crippen molar-refractivity contribution in [1.29, 1.82) is 0 Å². The quantitative estimate of drug-likeness (QED) is 0.655. The lowest BCUT2D eigenvalue weighted by Gasteiger charge is -2.25. The van der Waals surface area contributed by atoms with Crippen molar-refractivity contribution in [2.75, 3.05) is 6.61 Å². The van der Waals surface area contributed by atoms with Gasteiger partial charge in [0.1, 0.15) is 0 Å². The lowest BCUT2D eigenvalue weighted by Crippen LogP contribution is -2.29. The minimum Gasteiger partial charge on any atom is -0.394 e. The molecule has 0 aliphatic carbocycles. The Kier molecular flexibility index (Phi) is 3.91. The largest absolute Gasteiger partial charge is 0.394 e. The van der Waals surface area contributed by atoms with E-state index in [1.54, 1.807) is 0 Å². The van der Waals surface area contributed by atoms with E-state index in [1.807, 2.05) is 27.7 Å². The molecule has 0 fully saturated rings. The first-order valence-electron chi connectivity index (χ1n) is 3.78. The lowest BCUT2D eigenvalue weighted by atomic mass is 10.1. The van der Waals surface area contributed by atoms with Crippen LogP contribution in [0.2, 0.25) is 0 Å². The van der Waals surface area contributed by atoms with Crippen LogP contribution in [0.4, 0.5) is 0 Å². The first-order valence-corrected chi connectivity index (χ1v) is 3.78. The highest BCUT2D eigenvalue weighted by Crippen LogP contribution is 2.11. The molecule has 0 bridgehead atoms. The van der Waals surface area contributed by atoms with E-state index in [4.69, 9.17) is 9.84 Å². The maximum atomic E-state index is 8.76. The summed E-state index contributed by atoms with van der Waals surface area (Å²) in [5, 5.41) is 8.76. The number of aliphatic hydroxyl groups excluding tert-OH is 1. The van der Waals surface area contributed by atoms with E-state index in [0.29, 0.717) is 0 Å². The van der Waals surface area contributed by atoms with Gasteiger partial charge in [0, 0.05) is 0 Å². The van der Waals surface area contributed by atoms with Crippen LogP contribution in [0.5, 0.6) is 0 Å². The second kappa shape index (κ2) is 3.94. The zero-order chi connectivity index (χ0) is 8.20. The summed E-state index contributed by atoms with van der Waals surface area (Å²) in [6.45, 7) is 8.10. The number of ether oxygens (including phenoxy) is 1. The van der Waals surface area contributed by atoms with Gasteiger partial charge in [-0.25, -0.2) is 0 Å². The Balaban J connectivity index is 3.63. The Morgan fingerprint density at radius 1 is 1.40 bits per heavy atom. The standard InChI is InChI=1S/C8H18O2/c1-5-7(6-9)10-8(2,3)4/h7,9H,5-6H2,1-4H3/t7-/m1/s1. The van der Waals surface area contributed by atoms with Gasteiger partial charge in [-0.05, 0) is 27.2 Å². The molecule has 0 heterocycles. The second-order valence-electron chi connectivity index (χ2n) is 3.44. The highest BCUT2D eigenvalue weighted by atomic mass is 16.5. The van der Waals surface area contributed by atoms with Gasteiger partial charge in [-0.15, -0.1) is 0 Å². The molecule has 0 aromatic rings. The molecule has 10 heavy (non-hydrogen) atoms. The van der Waals surface area contributed by atoms with Crippen molar-refractivity contribution in [1.82, 2.24) is 0 Å². The molecule has 2 heteroatoms. The highest BCUT2D eigenvalue weighted by Gasteiger charge is 2.15. The maximum absolute atomic E-state index is 8.76. The molecule has 0 aromatic heterocycles. The van der Waals surface area contributed by atoms with Crippen LogP contribution in [0, 0.1) is 0 Å². The summed E-state index contributed by atoms with van der Waals surface area (Å²) in [5.41, 5.74) is -0.136. The fourth-order valence-electron chi connectivity index (χ4n) is 0.750. The summed E-state index contributed by atoms with van der Waals surface area (Å²) in [4.78, 5) is 0. The van der Waals surface area contributed by atoms with Gasteiger partial charge in [0.25, 0.3) is 0 Å². The molecule has 0 aliphatic rings. The Morgan fingerprint density at radius 2 is 1.90 bits per heavy atom. The van der Waals surface area contributed by atoms with Gasteiger partial charge < -0.3 is 9.84 Å². The van der Waals surface area contributed by atoms with Gasteiger partial charge in [-0.1, -0.05) is 6.92 Å². The van der Waals surface area contributed by atoms with Crippen molar-refractivity contribution >= 4 is 0 Å². The van der Waals surface area contributed by atoms with Gasteiger partial charge in [0.15, 0.2) is 0 Å². The van der Waals surface area contributed by atoms with Crippen LogP contribution >= 0.6 is 0 Å². The van der Waals surface area contributed by atoms with Crippen molar-refractivity contribution in [2.24, 2.45) is 0 Å². The number of rotatable bonds is 3. The minimum atomic E-state index is -0.136. The molecule has 0 saturated heterocycles. The summed E-state index contributed by atoms with van der Waals surface area (Å²) in [7, 11) is 0. The summed E-state index contributed by atoms with van der Waals surface area (Å²) >= 11 is 0. The van der Waals surface area contributed by atoms with Crippen LogP contribution in [0.1, 0.15) is 34.1 Å². The van der Waals surface area contributed by atoms with Crippen LogP contribution < -0.4 is 0 Å². The Morgan fingerprint density at radius 3 is 2.00 bits per heavy atom. The van der Waals surface area contributed by atoms with Crippen LogP contribution in [-0.2, 0) is 4.74 Å². The molecule has 0 radical (unpaired) electrons. The van der Waals surface area contributed by atoms with E-state index < -0.39 is 0 Å². The van der Waals surface area contributed by atoms with Crippen molar-refractivity contribution < 1.29 is 9.84 Å². The van der Waals surface area contributed by atoms with Gasteiger partial charge in [0.05, 0.1) is 18.3 Å². The molecule has 62 valence electrons. The normalized spacial score (nSPS) is 15.3. The van der Waals surface area contributed by atoms with E-state index in [0.717, 1.165) is 6.42 Å². The molecule has 0 unspecified atom stereocenters. The van der Waals surface area contributed by atoms with Gasteiger partial charge in [-0.2, -0.15) is 0 Å². The summed E-state index contributed by atoms with van der Waals surface area (Å²) in [5.74, 6) is 0. The Labute approximate surface area is 63.2 Å². The van der Waals surface area contributed by atoms with Crippen molar-refractivity contribution in [3.05, 3.63) is 0 Å². The Bertz CT molecular complexity index is 79.7. The van der Waals surface area contributed by atoms with E-state index in [2.05, 4.69) is 0 Å².